The fourth-order valence-corrected chi connectivity index (χ4v) is 4.52. The number of fused-ring (bicyclic) bond motifs is 3. The molecule has 6 aromatic rings. The molecule has 0 amide bonds. The van der Waals surface area contributed by atoms with Gasteiger partial charge in [-0.2, -0.15) is 0 Å². The number of nitrogens with one attached hydrogen (secondary N) is 1. The van der Waals surface area contributed by atoms with Gasteiger partial charge in [0, 0.05) is 27.2 Å². The topological polar surface area (TPSA) is 42.2 Å². The monoisotopic (exact) mass is 460 g/mol. The largest absolute Gasteiger partial charge is 0.325 e. The van der Waals surface area contributed by atoms with Gasteiger partial charge in [0.2, 0.25) is 5.95 Å². The Labute approximate surface area is 202 Å². The summed E-state index contributed by atoms with van der Waals surface area (Å²) in [6.07, 6.45) is 0. The zero-order valence-corrected chi connectivity index (χ0v) is 19.3. The molecule has 0 saturated carbocycles. The number of anilines is 2. The van der Waals surface area contributed by atoms with Crippen LogP contribution in [0.5, 0.6) is 0 Å². The number of rotatable bonds is 4. The van der Waals surface area contributed by atoms with Crippen LogP contribution in [0.1, 0.15) is 5.56 Å². The average Bonchev–Trinajstić information content (AvgIpc) is 3.27. The Balaban J connectivity index is 1.74. The molecule has 5 heteroatoms. The first kappa shape index (κ1) is 20.5. The zero-order chi connectivity index (χ0) is 23.1. The summed E-state index contributed by atoms with van der Waals surface area (Å²) in [5, 5.41) is 5.11. The minimum atomic E-state index is 0.654. The van der Waals surface area contributed by atoms with E-state index in [-0.39, 0.29) is 0 Å². The summed E-state index contributed by atoms with van der Waals surface area (Å²) < 4.78 is 2.11. The summed E-state index contributed by atoms with van der Waals surface area (Å²) in [7, 11) is 0. The molecule has 0 spiro atoms. The summed E-state index contributed by atoms with van der Waals surface area (Å²) in [6, 6.07) is 34.6. The lowest BCUT2D eigenvalue weighted by atomic mass is 10.1. The molecule has 4 aromatic carbocycles. The Bertz CT molecular complexity index is 1640. The molecule has 0 unspecified atom stereocenters. The van der Waals surface area contributed by atoms with Gasteiger partial charge < -0.3 is 5.32 Å². The van der Waals surface area contributed by atoms with Gasteiger partial charge in [-0.1, -0.05) is 84.4 Å². The average molecular weight is 461 g/mol. The summed E-state index contributed by atoms with van der Waals surface area (Å²) in [5.41, 5.74) is 7.76. The molecule has 34 heavy (non-hydrogen) atoms. The van der Waals surface area contributed by atoms with E-state index in [0.717, 1.165) is 44.8 Å². The van der Waals surface area contributed by atoms with Gasteiger partial charge in [-0.15, -0.1) is 0 Å². The van der Waals surface area contributed by atoms with Gasteiger partial charge in [-0.05, 0) is 42.8 Å². The number of imidazole rings is 1. The van der Waals surface area contributed by atoms with Crippen molar-refractivity contribution in [2.24, 2.45) is 0 Å². The van der Waals surface area contributed by atoms with Gasteiger partial charge in [-0.25, -0.2) is 9.97 Å². The number of halogens is 1. The second-order valence-corrected chi connectivity index (χ2v) is 8.73. The molecular weight excluding hydrogens is 440 g/mol. The predicted molar refractivity (Wildman–Crippen MR) is 141 cm³/mol. The molecule has 0 atom stereocenters. The number of aromatic nitrogens is 3. The Morgan fingerprint density at radius 2 is 1.47 bits per heavy atom. The molecule has 0 radical (unpaired) electrons. The molecule has 2 heterocycles. The number of hydrogen-bond acceptors (Lipinski definition) is 3. The SMILES string of the molecule is Cc1cccc(Nc2nc3ccc(Cl)cc3c3nc(-c4ccccc4)c(-c4ccccc4)n23)c1. The lowest BCUT2D eigenvalue weighted by Gasteiger charge is -2.14. The second-order valence-electron chi connectivity index (χ2n) is 8.29. The van der Waals surface area contributed by atoms with Crippen molar-refractivity contribution in [1.82, 2.24) is 14.4 Å². The highest BCUT2D eigenvalue weighted by Crippen LogP contribution is 2.37. The number of benzene rings is 4. The Kier molecular flexibility index (Phi) is 5.01. The van der Waals surface area contributed by atoms with Crippen molar-refractivity contribution in [3.8, 4) is 22.5 Å². The maximum atomic E-state index is 6.41. The lowest BCUT2D eigenvalue weighted by Crippen LogP contribution is -2.04. The van der Waals surface area contributed by atoms with E-state index < -0.39 is 0 Å². The van der Waals surface area contributed by atoms with Gasteiger partial charge in [-0.3, -0.25) is 4.40 Å². The van der Waals surface area contributed by atoms with E-state index in [1.165, 1.54) is 5.56 Å². The van der Waals surface area contributed by atoms with Crippen LogP contribution in [0.25, 0.3) is 39.1 Å². The molecular formula is C29H21ClN4. The van der Waals surface area contributed by atoms with E-state index in [2.05, 4.69) is 53.0 Å². The third-order valence-corrected chi connectivity index (χ3v) is 6.12. The molecule has 0 fully saturated rings. The van der Waals surface area contributed by atoms with Crippen LogP contribution in [0.4, 0.5) is 11.6 Å². The van der Waals surface area contributed by atoms with Gasteiger partial charge in [0.25, 0.3) is 0 Å². The van der Waals surface area contributed by atoms with Gasteiger partial charge in [0.05, 0.1) is 16.9 Å². The van der Waals surface area contributed by atoms with Crippen LogP contribution in [0, 0.1) is 6.92 Å². The van der Waals surface area contributed by atoms with E-state index in [1.807, 2.05) is 66.7 Å². The van der Waals surface area contributed by atoms with Gasteiger partial charge in [0.1, 0.15) is 5.65 Å². The fraction of sp³-hybridized carbons (Fsp3) is 0.0345. The Morgan fingerprint density at radius 1 is 0.735 bits per heavy atom. The number of nitrogens with zero attached hydrogens (tertiary/aromatic N) is 3. The van der Waals surface area contributed by atoms with Crippen molar-refractivity contribution < 1.29 is 0 Å². The van der Waals surface area contributed by atoms with Crippen molar-refractivity contribution >= 4 is 39.8 Å². The molecule has 0 aliphatic carbocycles. The van der Waals surface area contributed by atoms with E-state index >= 15 is 0 Å². The van der Waals surface area contributed by atoms with Crippen LogP contribution in [0.3, 0.4) is 0 Å². The van der Waals surface area contributed by atoms with Crippen LogP contribution in [0.15, 0.2) is 103 Å². The van der Waals surface area contributed by atoms with Crippen LogP contribution < -0.4 is 5.32 Å². The highest BCUT2D eigenvalue weighted by atomic mass is 35.5. The van der Waals surface area contributed by atoms with Gasteiger partial charge >= 0.3 is 0 Å². The third kappa shape index (κ3) is 3.58. The maximum absolute atomic E-state index is 6.41. The Morgan fingerprint density at radius 3 is 2.21 bits per heavy atom. The van der Waals surface area contributed by atoms with Crippen LogP contribution in [0.2, 0.25) is 5.02 Å². The van der Waals surface area contributed by atoms with Crippen molar-refractivity contribution in [3.05, 3.63) is 114 Å². The standard InChI is InChI=1S/C29H21ClN4/c1-19-9-8-14-23(17-19)31-29-32-25-16-15-22(30)18-24(25)28-33-26(20-10-4-2-5-11-20)27(34(28)29)21-12-6-3-7-13-21/h2-18H,1H3,(H,31,32). The molecule has 6 rings (SSSR count). The van der Waals surface area contributed by atoms with E-state index in [0.29, 0.717) is 11.0 Å². The van der Waals surface area contributed by atoms with Crippen molar-refractivity contribution in [1.29, 1.82) is 0 Å². The molecule has 0 bridgehead atoms. The van der Waals surface area contributed by atoms with Crippen LogP contribution in [-0.4, -0.2) is 14.4 Å². The first-order valence-corrected chi connectivity index (χ1v) is 11.5. The van der Waals surface area contributed by atoms with E-state index in [1.54, 1.807) is 0 Å². The minimum absolute atomic E-state index is 0.654. The summed E-state index contributed by atoms with van der Waals surface area (Å²) >= 11 is 6.41. The molecule has 0 aliphatic rings. The second kappa shape index (κ2) is 8.32. The fourth-order valence-electron chi connectivity index (χ4n) is 4.35. The summed E-state index contributed by atoms with van der Waals surface area (Å²) in [4.78, 5) is 10.2. The molecule has 0 aliphatic heterocycles. The first-order valence-electron chi connectivity index (χ1n) is 11.1. The highest BCUT2D eigenvalue weighted by molar-refractivity contribution is 6.31. The normalized spacial score (nSPS) is 11.2. The summed E-state index contributed by atoms with van der Waals surface area (Å²) in [5.74, 6) is 0.698. The molecule has 4 nitrogen and oxygen atoms in total. The highest BCUT2D eigenvalue weighted by Gasteiger charge is 2.21. The lowest BCUT2D eigenvalue weighted by molar-refractivity contribution is 1.13. The Hall–Kier alpha value is -4.15. The van der Waals surface area contributed by atoms with Gasteiger partial charge in [0.15, 0.2) is 0 Å². The molecule has 164 valence electrons. The number of hydrogen-bond donors (Lipinski definition) is 1. The predicted octanol–water partition coefficient (Wildman–Crippen LogP) is 7.92. The number of aryl methyl sites for hydroxylation is 1. The maximum Gasteiger partial charge on any atom is 0.214 e. The third-order valence-electron chi connectivity index (χ3n) is 5.88. The zero-order valence-electron chi connectivity index (χ0n) is 18.5. The molecule has 2 aromatic heterocycles. The van der Waals surface area contributed by atoms with E-state index in [9.17, 15) is 0 Å². The summed E-state index contributed by atoms with van der Waals surface area (Å²) in [6.45, 7) is 2.08. The molecule has 1 N–H and O–H groups in total. The quantitative estimate of drug-likeness (QED) is 0.290. The minimum Gasteiger partial charge on any atom is -0.325 e. The van der Waals surface area contributed by atoms with Crippen LogP contribution >= 0.6 is 11.6 Å². The van der Waals surface area contributed by atoms with Crippen molar-refractivity contribution in [2.75, 3.05) is 5.32 Å². The first-order chi connectivity index (χ1) is 16.7. The van der Waals surface area contributed by atoms with Crippen LogP contribution in [-0.2, 0) is 0 Å². The smallest absolute Gasteiger partial charge is 0.214 e. The van der Waals surface area contributed by atoms with E-state index in [4.69, 9.17) is 21.6 Å². The van der Waals surface area contributed by atoms with Crippen molar-refractivity contribution in [2.45, 2.75) is 6.92 Å². The van der Waals surface area contributed by atoms with Crippen molar-refractivity contribution in [3.63, 3.8) is 0 Å². The molecule has 0 saturated heterocycles.